The molecular formula is C15H21NO3. The highest BCUT2D eigenvalue weighted by atomic mass is 16.5. The molecule has 0 radical (unpaired) electrons. The minimum atomic E-state index is -0.204. The van der Waals surface area contributed by atoms with E-state index in [-0.39, 0.29) is 17.1 Å². The molecule has 0 aliphatic heterocycles. The van der Waals surface area contributed by atoms with Gasteiger partial charge in [-0.15, -0.1) is 0 Å². The fourth-order valence-electron chi connectivity index (χ4n) is 2.21. The Morgan fingerprint density at radius 1 is 1.47 bits per heavy atom. The lowest BCUT2D eigenvalue weighted by molar-refractivity contribution is 0.0935. The predicted octanol–water partition coefficient (Wildman–Crippen LogP) is 2.25. The molecule has 19 heavy (non-hydrogen) atoms. The number of hydrogen-bond acceptors (Lipinski definition) is 3. The van der Waals surface area contributed by atoms with Crippen molar-refractivity contribution in [2.45, 2.75) is 26.2 Å². The summed E-state index contributed by atoms with van der Waals surface area (Å²) in [6.07, 6.45) is 3.25. The van der Waals surface area contributed by atoms with Gasteiger partial charge in [0.25, 0.3) is 5.91 Å². The zero-order chi connectivity index (χ0) is 13.9. The lowest BCUT2D eigenvalue weighted by atomic mass is 10.0. The second-order valence-corrected chi connectivity index (χ2v) is 5.45. The van der Waals surface area contributed by atoms with Crippen LogP contribution in [0.2, 0.25) is 0 Å². The molecule has 0 atom stereocenters. The third-order valence-electron chi connectivity index (χ3n) is 3.81. The molecular weight excluding hydrogens is 242 g/mol. The average Bonchev–Trinajstić information content (AvgIpc) is 3.17. The van der Waals surface area contributed by atoms with Gasteiger partial charge in [-0.1, -0.05) is 11.6 Å². The van der Waals surface area contributed by atoms with Crippen molar-refractivity contribution in [3.63, 3.8) is 0 Å². The topological polar surface area (TPSA) is 58.6 Å². The van der Waals surface area contributed by atoms with E-state index in [9.17, 15) is 9.90 Å². The van der Waals surface area contributed by atoms with Crippen molar-refractivity contribution in [2.24, 2.45) is 5.41 Å². The van der Waals surface area contributed by atoms with Crippen LogP contribution in [0.5, 0.6) is 5.75 Å². The van der Waals surface area contributed by atoms with Gasteiger partial charge in [0, 0.05) is 20.3 Å². The molecule has 0 bridgehead atoms. The first-order chi connectivity index (χ1) is 9.06. The van der Waals surface area contributed by atoms with Gasteiger partial charge in [0.15, 0.2) is 0 Å². The summed E-state index contributed by atoms with van der Waals surface area (Å²) in [7, 11) is 1.69. The van der Waals surface area contributed by atoms with E-state index in [0.29, 0.717) is 12.1 Å². The Bertz CT molecular complexity index is 466. The van der Waals surface area contributed by atoms with E-state index in [2.05, 4.69) is 5.32 Å². The van der Waals surface area contributed by atoms with E-state index in [0.717, 1.165) is 31.4 Å². The molecule has 0 unspecified atom stereocenters. The number of carbonyl (C=O) groups is 1. The van der Waals surface area contributed by atoms with Crippen LogP contribution < -0.4 is 5.32 Å². The number of aromatic hydroxyl groups is 1. The fourth-order valence-corrected chi connectivity index (χ4v) is 2.21. The van der Waals surface area contributed by atoms with Crippen LogP contribution in [0.4, 0.5) is 0 Å². The summed E-state index contributed by atoms with van der Waals surface area (Å²) >= 11 is 0. The normalized spacial score (nSPS) is 16.1. The van der Waals surface area contributed by atoms with Gasteiger partial charge in [-0.2, -0.15) is 0 Å². The zero-order valence-electron chi connectivity index (χ0n) is 11.5. The lowest BCUT2D eigenvalue weighted by Gasteiger charge is -2.16. The molecule has 0 spiro atoms. The molecule has 1 amide bonds. The summed E-state index contributed by atoms with van der Waals surface area (Å²) in [5.74, 6) is -0.172. The highest BCUT2D eigenvalue weighted by molar-refractivity contribution is 5.97. The van der Waals surface area contributed by atoms with E-state index in [4.69, 9.17) is 4.74 Å². The Balaban J connectivity index is 1.93. The molecule has 4 heteroatoms. The Hall–Kier alpha value is -1.55. The van der Waals surface area contributed by atoms with Crippen LogP contribution in [-0.4, -0.2) is 31.3 Å². The lowest BCUT2D eigenvalue weighted by Crippen LogP contribution is -2.30. The Morgan fingerprint density at radius 3 is 2.84 bits per heavy atom. The Kier molecular flexibility index (Phi) is 4.10. The number of phenolic OH excluding ortho intramolecular Hbond substituents is 1. The maximum Gasteiger partial charge on any atom is 0.255 e. The molecule has 0 heterocycles. The van der Waals surface area contributed by atoms with Gasteiger partial charge in [0.1, 0.15) is 5.75 Å². The number of hydrogen-bond donors (Lipinski definition) is 2. The second-order valence-electron chi connectivity index (χ2n) is 5.45. The molecule has 1 aromatic carbocycles. The Labute approximate surface area is 113 Å². The zero-order valence-corrected chi connectivity index (χ0v) is 11.5. The van der Waals surface area contributed by atoms with Gasteiger partial charge in [-0.3, -0.25) is 4.79 Å². The van der Waals surface area contributed by atoms with Crippen LogP contribution in [0.1, 0.15) is 35.2 Å². The minimum Gasteiger partial charge on any atom is -0.507 e. The number of phenols is 1. The first-order valence-corrected chi connectivity index (χ1v) is 6.63. The van der Waals surface area contributed by atoms with Gasteiger partial charge in [-0.25, -0.2) is 0 Å². The quantitative estimate of drug-likeness (QED) is 0.827. The van der Waals surface area contributed by atoms with E-state index in [1.807, 2.05) is 6.92 Å². The summed E-state index contributed by atoms with van der Waals surface area (Å²) in [5, 5.41) is 12.6. The summed E-state index contributed by atoms with van der Waals surface area (Å²) < 4.78 is 5.09. The van der Waals surface area contributed by atoms with Crippen LogP contribution in [0.15, 0.2) is 18.2 Å². The molecule has 1 saturated carbocycles. The molecule has 2 N–H and O–H groups in total. The highest BCUT2D eigenvalue weighted by Gasteiger charge is 2.42. The van der Waals surface area contributed by atoms with Gasteiger partial charge >= 0.3 is 0 Å². The minimum absolute atomic E-state index is 0.0323. The van der Waals surface area contributed by atoms with Crippen molar-refractivity contribution in [1.82, 2.24) is 5.32 Å². The van der Waals surface area contributed by atoms with Gasteiger partial charge in [0.2, 0.25) is 0 Å². The van der Waals surface area contributed by atoms with E-state index >= 15 is 0 Å². The molecule has 1 aliphatic carbocycles. The van der Waals surface area contributed by atoms with E-state index < -0.39 is 0 Å². The summed E-state index contributed by atoms with van der Waals surface area (Å²) in [5.41, 5.74) is 1.52. The largest absolute Gasteiger partial charge is 0.507 e. The summed E-state index contributed by atoms with van der Waals surface area (Å²) in [6, 6.07) is 5.05. The van der Waals surface area contributed by atoms with Crippen LogP contribution in [-0.2, 0) is 4.74 Å². The summed E-state index contributed by atoms with van der Waals surface area (Å²) in [6.45, 7) is 3.28. The maximum absolute atomic E-state index is 12.1. The molecule has 0 aromatic heterocycles. The second kappa shape index (κ2) is 5.61. The highest BCUT2D eigenvalue weighted by Crippen LogP contribution is 2.48. The predicted molar refractivity (Wildman–Crippen MR) is 73.3 cm³/mol. The Morgan fingerprint density at radius 2 is 2.21 bits per heavy atom. The molecule has 1 aromatic rings. The molecule has 104 valence electrons. The number of methoxy groups -OCH3 is 1. The number of nitrogens with one attached hydrogen (secondary N) is 1. The number of benzene rings is 1. The molecule has 0 saturated heterocycles. The fraction of sp³-hybridized carbons (Fsp3) is 0.533. The third kappa shape index (κ3) is 3.47. The molecule has 1 aliphatic rings. The first-order valence-electron chi connectivity index (χ1n) is 6.63. The van der Waals surface area contributed by atoms with Crippen molar-refractivity contribution in [2.75, 3.05) is 20.3 Å². The van der Waals surface area contributed by atoms with Gasteiger partial charge < -0.3 is 15.2 Å². The van der Waals surface area contributed by atoms with Gasteiger partial charge in [0.05, 0.1) is 5.56 Å². The maximum atomic E-state index is 12.1. The standard InChI is InChI=1S/C15H21NO3/c1-11-3-4-13(17)12(9-11)14(18)16-10-15(5-6-15)7-8-19-2/h3-4,9,17H,5-8,10H2,1-2H3,(H,16,18). The van der Waals surface area contributed by atoms with Crippen molar-refractivity contribution >= 4 is 5.91 Å². The monoisotopic (exact) mass is 263 g/mol. The van der Waals surface area contributed by atoms with Crippen molar-refractivity contribution in [1.29, 1.82) is 0 Å². The number of rotatable bonds is 6. The van der Waals surface area contributed by atoms with Crippen LogP contribution in [0.3, 0.4) is 0 Å². The van der Waals surface area contributed by atoms with Crippen LogP contribution in [0.25, 0.3) is 0 Å². The van der Waals surface area contributed by atoms with Crippen LogP contribution in [0, 0.1) is 12.3 Å². The third-order valence-corrected chi connectivity index (χ3v) is 3.81. The molecule has 2 rings (SSSR count). The number of aryl methyl sites for hydroxylation is 1. The van der Waals surface area contributed by atoms with Gasteiger partial charge in [-0.05, 0) is 43.7 Å². The smallest absolute Gasteiger partial charge is 0.255 e. The molecule has 1 fully saturated rings. The number of amides is 1. The van der Waals surface area contributed by atoms with E-state index in [1.165, 1.54) is 0 Å². The molecule has 4 nitrogen and oxygen atoms in total. The first kappa shape index (κ1) is 13.9. The van der Waals surface area contributed by atoms with Crippen molar-refractivity contribution in [3.05, 3.63) is 29.3 Å². The summed E-state index contributed by atoms with van der Waals surface area (Å²) in [4.78, 5) is 12.1. The number of carbonyl (C=O) groups excluding carboxylic acids is 1. The van der Waals surface area contributed by atoms with Crippen LogP contribution >= 0.6 is 0 Å². The van der Waals surface area contributed by atoms with Crippen molar-refractivity contribution in [3.8, 4) is 5.75 Å². The van der Waals surface area contributed by atoms with E-state index in [1.54, 1.807) is 25.3 Å². The number of ether oxygens (including phenoxy) is 1. The SMILES string of the molecule is COCCC1(CNC(=O)c2cc(C)ccc2O)CC1. The average molecular weight is 263 g/mol. The van der Waals surface area contributed by atoms with Crippen molar-refractivity contribution < 1.29 is 14.6 Å².